The summed E-state index contributed by atoms with van der Waals surface area (Å²) >= 11 is 5.80. The fourth-order valence-corrected chi connectivity index (χ4v) is 3.27. The van der Waals surface area contributed by atoms with E-state index in [0.29, 0.717) is 12.1 Å². The van der Waals surface area contributed by atoms with Gasteiger partial charge in [-0.2, -0.15) is 0 Å². The van der Waals surface area contributed by atoms with Crippen LogP contribution < -0.4 is 10.5 Å². The Hall–Kier alpha value is -1.63. The molecule has 0 aliphatic heterocycles. The number of nitrogens with two attached hydrogens (primary N) is 1. The highest BCUT2D eigenvalue weighted by Gasteiger charge is 2.16. The van der Waals surface area contributed by atoms with Crippen LogP contribution in [0, 0.1) is 5.82 Å². The van der Waals surface area contributed by atoms with Crippen LogP contribution in [0.4, 0.5) is 10.1 Å². The largest absolute Gasteiger partial charge is 0.326 e. The first-order chi connectivity index (χ1) is 9.91. The standard InChI is InChI=1S/C14H14ClFN2O2S/c15-12-2-1-3-13(16)14(12)18-21(19,20)9-11-6-4-10(8-17)5-7-11/h1-7,18H,8-9,17H2. The Morgan fingerprint density at radius 2 is 1.71 bits per heavy atom. The zero-order chi connectivity index (χ0) is 15.5. The lowest BCUT2D eigenvalue weighted by molar-refractivity contribution is 0.598. The van der Waals surface area contributed by atoms with Gasteiger partial charge >= 0.3 is 0 Å². The molecule has 3 N–H and O–H groups in total. The summed E-state index contributed by atoms with van der Waals surface area (Å²) in [5.74, 6) is -0.993. The molecule has 0 atom stereocenters. The summed E-state index contributed by atoms with van der Waals surface area (Å²) in [5, 5.41) is 0.0112. The maximum absolute atomic E-state index is 13.6. The summed E-state index contributed by atoms with van der Waals surface area (Å²) in [6, 6.07) is 10.8. The lowest BCUT2D eigenvalue weighted by atomic mass is 10.1. The van der Waals surface area contributed by atoms with E-state index in [9.17, 15) is 12.8 Å². The van der Waals surface area contributed by atoms with Crippen molar-refractivity contribution in [2.45, 2.75) is 12.3 Å². The Kier molecular flexibility index (Phi) is 4.82. The van der Waals surface area contributed by atoms with Crippen LogP contribution in [-0.2, 0) is 22.3 Å². The highest BCUT2D eigenvalue weighted by molar-refractivity contribution is 7.91. The first kappa shape index (κ1) is 15.8. The van der Waals surface area contributed by atoms with E-state index >= 15 is 0 Å². The van der Waals surface area contributed by atoms with Gasteiger partial charge in [0.05, 0.1) is 10.8 Å². The minimum atomic E-state index is -3.76. The van der Waals surface area contributed by atoms with Crippen LogP contribution in [0.2, 0.25) is 5.02 Å². The van der Waals surface area contributed by atoms with Crippen molar-refractivity contribution in [2.75, 3.05) is 4.72 Å². The lowest BCUT2D eigenvalue weighted by Gasteiger charge is -2.10. The summed E-state index contributed by atoms with van der Waals surface area (Å²) in [7, 11) is -3.76. The smallest absolute Gasteiger partial charge is 0.237 e. The molecule has 0 saturated carbocycles. The van der Waals surface area contributed by atoms with Crippen molar-refractivity contribution < 1.29 is 12.8 Å². The maximum atomic E-state index is 13.6. The zero-order valence-electron chi connectivity index (χ0n) is 11.0. The van der Waals surface area contributed by atoms with E-state index in [2.05, 4.69) is 4.72 Å². The quantitative estimate of drug-likeness (QED) is 0.886. The van der Waals surface area contributed by atoms with Crippen molar-refractivity contribution in [3.05, 3.63) is 64.4 Å². The first-order valence-corrected chi connectivity index (χ1v) is 8.17. The minimum Gasteiger partial charge on any atom is -0.326 e. The molecule has 0 radical (unpaired) electrons. The number of rotatable bonds is 5. The van der Waals surface area contributed by atoms with Gasteiger partial charge in [0.1, 0.15) is 11.5 Å². The molecule has 0 aliphatic rings. The normalized spacial score (nSPS) is 11.4. The predicted molar refractivity (Wildman–Crippen MR) is 82.0 cm³/mol. The average Bonchev–Trinajstić information content (AvgIpc) is 2.43. The van der Waals surface area contributed by atoms with Crippen molar-refractivity contribution in [1.82, 2.24) is 0 Å². The van der Waals surface area contributed by atoms with Crippen LogP contribution in [0.3, 0.4) is 0 Å². The van der Waals surface area contributed by atoms with E-state index in [0.717, 1.165) is 11.6 Å². The number of para-hydroxylation sites is 1. The molecular weight excluding hydrogens is 315 g/mol. The third-order valence-electron chi connectivity index (χ3n) is 2.84. The number of halogens is 2. The SMILES string of the molecule is NCc1ccc(CS(=O)(=O)Nc2c(F)cccc2Cl)cc1. The van der Waals surface area contributed by atoms with E-state index < -0.39 is 15.8 Å². The van der Waals surface area contributed by atoms with Gasteiger partial charge in [-0.05, 0) is 23.3 Å². The number of nitrogens with one attached hydrogen (secondary N) is 1. The van der Waals surface area contributed by atoms with Gasteiger partial charge in [-0.1, -0.05) is 41.9 Å². The van der Waals surface area contributed by atoms with Gasteiger partial charge in [0.25, 0.3) is 0 Å². The molecular formula is C14H14ClFN2O2S. The Morgan fingerprint density at radius 1 is 1.10 bits per heavy atom. The molecule has 2 aromatic rings. The topological polar surface area (TPSA) is 72.2 Å². The Labute approximate surface area is 127 Å². The summed E-state index contributed by atoms with van der Waals surface area (Å²) in [6.07, 6.45) is 0. The van der Waals surface area contributed by atoms with E-state index in [4.69, 9.17) is 17.3 Å². The van der Waals surface area contributed by atoms with Crippen LogP contribution in [0.25, 0.3) is 0 Å². The molecule has 112 valence electrons. The highest BCUT2D eigenvalue weighted by Crippen LogP contribution is 2.26. The molecule has 7 heteroatoms. The van der Waals surface area contributed by atoms with Crippen molar-refractivity contribution in [3.63, 3.8) is 0 Å². The fourth-order valence-electron chi connectivity index (χ4n) is 1.78. The molecule has 0 bridgehead atoms. The second-order valence-corrected chi connectivity index (χ2v) is 6.61. The molecule has 0 aliphatic carbocycles. The number of anilines is 1. The molecule has 2 rings (SSSR count). The molecule has 0 aromatic heterocycles. The van der Waals surface area contributed by atoms with E-state index in [-0.39, 0.29) is 16.5 Å². The van der Waals surface area contributed by atoms with Crippen LogP contribution in [-0.4, -0.2) is 8.42 Å². The molecule has 0 amide bonds. The second-order valence-electron chi connectivity index (χ2n) is 4.48. The van der Waals surface area contributed by atoms with Crippen molar-refractivity contribution in [3.8, 4) is 0 Å². The van der Waals surface area contributed by atoms with Crippen molar-refractivity contribution in [2.24, 2.45) is 5.73 Å². The molecule has 0 heterocycles. The van der Waals surface area contributed by atoms with Crippen LogP contribution in [0.1, 0.15) is 11.1 Å². The van der Waals surface area contributed by atoms with Gasteiger partial charge in [-0.25, -0.2) is 12.8 Å². The summed E-state index contributed by atoms with van der Waals surface area (Å²) in [4.78, 5) is 0. The molecule has 0 saturated heterocycles. The zero-order valence-corrected chi connectivity index (χ0v) is 12.6. The third-order valence-corrected chi connectivity index (χ3v) is 4.38. The Bertz CT molecular complexity index is 713. The number of sulfonamides is 1. The van der Waals surface area contributed by atoms with Crippen LogP contribution in [0.15, 0.2) is 42.5 Å². The summed E-state index contributed by atoms with van der Waals surface area (Å²) in [6.45, 7) is 0.385. The van der Waals surface area contributed by atoms with Crippen molar-refractivity contribution in [1.29, 1.82) is 0 Å². The third kappa shape index (κ3) is 4.17. The Morgan fingerprint density at radius 3 is 2.29 bits per heavy atom. The minimum absolute atomic E-state index is 0.0112. The summed E-state index contributed by atoms with van der Waals surface area (Å²) < 4.78 is 39.9. The van der Waals surface area contributed by atoms with Gasteiger partial charge in [-0.3, -0.25) is 4.72 Å². The molecule has 21 heavy (non-hydrogen) atoms. The number of hydrogen-bond acceptors (Lipinski definition) is 3. The van der Waals surface area contributed by atoms with E-state index in [1.165, 1.54) is 12.1 Å². The highest BCUT2D eigenvalue weighted by atomic mass is 35.5. The molecule has 0 unspecified atom stereocenters. The summed E-state index contributed by atoms with van der Waals surface area (Å²) in [5.41, 5.74) is 6.72. The monoisotopic (exact) mass is 328 g/mol. The van der Waals surface area contributed by atoms with Gasteiger partial charge in [-0.15, -0.1) is 0 Å². The molecule has 2 aromatic carbocycles. The first-order valence-electron chi connectivity index (χ1n) is 6.13. The lowest BCUT2D eigenvalue weighted by Crippen LogP contribution is -2.16. The predicted octanol–water partition coefficient (Wildman–Crippen LogP) is 2.88. The molecule has 0 spiro atoms. The number of benzene rings is 2. The molecule has 0 fully saturated rings. The van der Waals surface area contributed by atoms with Crippen LogP contribution in [0.5, 0.6) is 0 Å². The van der Waals surface area contributed by atoms with E-state index in [1.807, 2.05) is 0 Å². The maximum Gasteiger partial charge on any atom is 0.237 e. The van der Waals surface area contributed by atoms with Gasteiger partial charge in [0.15, 0.2) is 0 Å². The number of hydrogen-bond donors (Lipinski definition) is 2. The average molecular weight is 329 g/mol. The Balaban J connectivity index is 2.18. The van der Waals surface area contributed by atoms with Gasteiger partial charge in [0, 0.05) is 6.54 Å². The van der Waals surface area contributed by atoms with Gasteiger partial charge in [0.2, 0.25) is 10.0 Å². The fraction of sp³-hybridized carbons (Fsp3) is 0.143. The molecule has 4 nitrogen and oxygen atoms in total. The van der Waals surface area contributed by atoms with Gasteiger partial charge < -0.3 is 5.73 Å². The van der Waals surface area contributed by atoms with E-state index in [1.54, 1.807) is 24.3 Å². The van der Waals surface area contributed by atoms with Crippen molar-refractivity contribution >= 4 is 27.3 Å². The van der Waals surface area contributed by atoms with Crippen LogP contribution >= 0.6 is 11.6 Å². The second kappa shape index (κ2) is 6.43.